The van der Waals surface area contributed by atoms with Crippen molar-refractivity contribution in [2.45, 2.75) is 19.5 Å². The van der Waals surface area contributed by atoms with Crippen LogP contribution in [0.25, 0.3) is 22.3 Å². The lowest BCUT2D eigenvalue weighted by molar-refractivity contribution is -0.137. The van der Waals surface area contributed by atoms with Gasteiger partial charge in [0.1, 0.15) is 0 Å². The molecule has 33 heavy (non-hydrogen) atoms. The van der Waals surface area contributed by atoms with Crippen LogP contribution < -0.4 is 5.56 Å². The number of benzene rings is 3. The van der Waals surface area contributed by atoms with Crippen molar-refractivity contribution in [3.8, 4) is 11.4 Å². The third-order valence-corrected chi connectivity index (χ3v) is 5.87. The number of rotatable bonds is 4. The predicted octanol–water partition coefficient (Wildman–Crippen LogP) is 6.94. The van der Waals surface area contributed by atoms with Crippen LogP contribution in [0, 0.1) is 0 Å². The molecule has 1 aromatic heterocycles. The van der Waals surface area contributed by atoms with Crippen LogP contribution in [-0.4, -0.2) is 15.9 Å². The average molecular weight is 535 g/mol. The first kappa shape index (κ1) is 23.2. The molecule has 0 fully saturated rings. The summed E-state index contributed by atoms with van der Waals surface area (Å²) in [6.45, 7) is 2.03. The molecule has 0 radical (unpaired) electrons. The first-order valence-corrected chi connectivity index (χ1v) is 11.1. The Hall–Kier alpha value is -2.97. The Morgan fingerprint density at radius 1 is 1.09 bits per heavy atom. The lowest BCUT2D eigenvalue weighted by Gasteiger charge is -2.11. The Balaban J connectivity index is 1.90. The third kappa shape index (κ3) is 4.86. The number of hydrogen-bond donors (Lipinski definition) is 0. The highest BCUT2D eigenvalue weighted by molar-refractivity contribution is 9.10. The number of alkyl halides is 3. The summed E-state index contributed by atoms with van der Waals surface area (Å²) in [6, 6.07) is 16.1. The van der Waals surface area contributed by atoms with Crippen molar-refractivity contribution in [3.63, 3.8) is 0 Å². The lowest BCUT2D eigenvalue weighted by Crippen LogP contribution is -2.20. The van der Waals surface area contributed by atoms with Gasteiger partial charge in [-0.25, -0.2) is 4.98 Å². The topological polar surface area (TPSA) is 47.2 Å². The van der Waals surface area contributed by atoms with Crippen molar-refractivity contribution in [2.24, 2.45) is 5.10 Å². The van der Waals surface area contributed by atoms with Crippen LogP contribution in [0.4, 0.5) is 13.2 Å². The van der Waals surface area contributed by atoms with Gasteiger partial charge in [0.15, 0.2) is 5.82 Å². The Kier molecular flexibility index (Phi) is 6.41. The fraction of sp³-hybridized carbons (Fsp3) is 0.125. The van der Waals surface area contributed by atoms with E-state index in [1.807, 2.05) is 31.2 Å². The van der Waals surface area contributed by atoms with E-state index in [1.54, 1.807) is 18.2 Å². The molecule has 3 aromatic carbocycles. The molecule has 4 rings (SSSR count). The summed E-state index contributed by atoms with van der Waals surface area (Å²) < 4.78 is 41.4. The van der Waals surface area contributed by atoms with Crippen molar-refractivity contribution in [3.05, 3.63) is 97.2 Å². The van der Waals surface area contributed by atoms with Gasteiger partial charge in [-0.15, -0.1) is 0 Å². The van der Waals surface area contributed by atoms with Crippen LogP contribution in [0.15, 0.2) is 75.0 Å². The van der Waals surface area contributed by atoms with Crippen molar-refractivity contribution in [1.29, 1.82) is 0 Å². The zero-order valence-electron chi connectivity index (χ0n) is 17.2. The summed E-state index contributed by atoms with van der Waals surface area (Å²) in [6.07, 6.45) is -2.58. The van der Waals surface area contributed by atoms with Crippen molar-refractivity contribution in [1.82, 2.24) is 9.66 Å². The van der Waals surface area contributed by atoms with Gasteiger partial charge in [-0.05, 0) is 47.9 Å². The number of aryl methyl sites for hydroxylation is 1. The molecule has 4 aromatic rings. The number of halogens is 5. The second kappa shape index (κ2) is 9.11. The number of hydrogen-bond acceptors (Lipinski definition) is 3. The highest BCUT2D eigenvalue weighted by Gasteiger charge is 2.33. The monoisotopic (exact) mass is 533 g/mol. The van der Waals surface area contributed by atoms with Gasteiger partial charge in [-0.3, -0.25) is 4.79 Å². The van der Waals surface area contributed by atoms with Crippen LogP contribution in [-0.2, 0) is 12.6 Å². The first-order valence-electron chi connectivity index (χ1n) is 9.90. The third-order valence-electron chi connectivity index (χ3n) is 5.05. The maximum absolute atomic E-state index is 13.3. The molecule has 0 aliphatic carbocycles. The Morgan fingerprint density at radius 2 is 1.82 bits per heavy atom. The van der Waals surface area contributed by atoms with Gasteiger partial charge in [-0.2, -0.15) is 22.9 Å². The summed E-state index contributed by atoms with van der Waals surface area (Å²) in [5.74, 6) is 0.277. The summed E-state index contributed by atoms with van der Waals surface area (Å²) in [5.41, 5.74) is 0.962. The molecule has 0 aliphatic heterocycles. The SMILES string of the molecule is CCc1ccc(-c2nc3ccc(Br)cc3c(=O)n2N=Cc2ccc(Cl)c(C(F)(F)F)c2)cc1. The highest BCUT2D eigenvalue weighted by atomic mass is 79.9. The first-order chi connectivity index (χ1) is 15.7. The summed E-state index contributed by atoms with van der Waals surface area (Å²) in [4.78, 5) is 17.9. The second-order valence-corrected chi connectivity index (χ2v) is 8.57. The number of fused-ring (bicyclic) bond motifs is 1. The quantitative estimate of drug-likeness (QED) is 0.266. The van der Waals surface area contributed by atoms with Crippen LogP contribution in [0.3, 0.4) is 0 Å². The van der Waals surface area contributed by atoms with E-state index in [0.717, 1.165) is 28.8 Å². The van der Waals surface area contributed by atoms with E-state index in [-0.39, 0.29) is 11.4 Å². The van der Waals surface area contributed by atoms with Crippen molar-refractivity contribution < 1.29 is 13.2 Å². The van der Waals surface area contributed by atoms with E-state index >= 15 is 0 Å². The molecule has 168 valence electrons. The number of nitrogens with zero attached hydrogens (tertiary/aromatic N) is 3. The zero-order chi connectivity index (χ0) is 23.8. The molecule has 0 aliphatic rings. The minimum atomic E-state index is -4.61. The molecule has 0 N–H and O–H groups in total. The second-order valence-electron chi connectivity index (χ2n) is 7.25. The Bertz CT molecular complexity index is 1430. The highest BCUT2D eigenvalue weighted by Crippen LogP contribution is 2.35. The molecule has 0 amide bonds. The minimum absolute atomic E-state index is 0.139. The van der Waals surface area contributed by atoms with E-state index in [4.69, 9.17) is 11.6 Å². The molecule has 0 unspecified atom stereocenters. The molecule has 0 saturated carbocycles. The predicted molar refractivity (Wildman–Crippen MR) is 128 cm³/mol. The van der Waals surface area contributed by atoms with Crippen LogP contribution in [0.1, 0.15) is 23.6 Å². The molecule has 0 saturated heterocycles. The van der Waals surface area contributed by atoms with Crippen molar-refractivity contribution >= 4 is 44.6 Å². The Labute approximate surface area is 200 Å². The fourth-order valence-corrected chi connectivity index (χ4v) is 3.88. The van der Waals surface area contributed by atoms with Gasteiger partial charge in [-0.1, -0.05) is 64.8 Å². The lowest BCUT2D eigenvalue weighted by atomic mass is 10.1. The van der Waals surface area contributed by atoms with E-state index in [0.29, 0.717) is 20.9 Å². The number of aromatic nitrogens is 2. The van der Waals surface area contributed by atoms with Gasteiger partial charge in [0.2, 0.25) is 0 Å². The smallest absolute Gasteiger partial charge is 0.267 e. The van der Waals surface area contributed by atoms with Gasteiger partial charge in [0.25, 0.3) is 5.56 Å². The summed E-state index contributed by atoms with van der Waals surface area (Å²) in [5, 5.41) is 4.13. The standard InChI is InChI=1S/C24H16BrClF3N3O/c1-2-14-3-6-16(7-4-14)22-31-21-10-8-17(25)12-18(21)23(33)32(22)30-13-15-5-9-20(26)19(11-15)24(27,28)29/h3-13H,2H2,1H3. The zero-order valence-corrected chi connectivity index (χ0v) is 19.5. The van der Waals surface area contributed by atoms with Gasteiger partial charge in [0.05, 0.1) is 27.7 Å². The van der Waals surface area contributed by atoms with E-state index in [9.17, 15) is 18.0 Å². The fourth-order valence-electron chi connectivity index (χ4n) is 3.30. The maximum Gasteiger partial charge on any atom is 0.417 e. The minimum Gasteiger partial charge on any atom is -0.267 e. The average Bonchev–Trinajstić information content (AvgIpc) is 2.79. The van der Waals surface area contributed by atoms with E-state index < -0.39 is 22.3 Å². The van der Waals surface area contributed by atoms with Crippen molar-refractivity contribution in [2.75, 3.05) is 0 Å². The van der Waals surface area contributed by atoms with Gasteiger partial charge >= 0.3 is 6.18 Å². The normalized spacial score (nSPS) is 12.1. The molecular weight excluding hydrogens is 519 g/mol. The Morgan fingerprint density at radius 3 is 2.48 bits per heavy atom. The molecule has 4 nitrogen and oxygen atoms in total. The molecule has 0 spiro atoms. The summed E-state index contributed by atoms with van der Waals surface area (Å²) in [7, 11) is 0. The van der Waals surface area contributed by atoms with Gasteiger partial charge < -0.3 is 0 Å². The van der Waals surface area contributed by atoms with E-state index in [1.165, 1.54) is 12.3 Å². The molecule has 0 bridgehead atoms. The molecular formula is C24H16BrClF3N3O. The molecule has 9 heteroatoms. The maximum atomic E-state index is 13.3. The largest absolute Gasteiger partial charge is 0.417 e. The van der Waals surface area contributed by atoms with Crippen LogP contribution in [0.5, 0.6) is 0 Å². The summed E-state index contributed by atoms with van der Waals surface area (Å²) >= 11 is 9.05. The van der Waals surface area contributed by atoms with Crippen LogP contribution >= 0.6 is 27.5 Å². The van der Waals surface area contributed by atoms with E-state index in [2.05, 4.69) is 26.0 Å². The van der Waals surface area contributed by atoms with Gasteiger partial charge in [0, 0.05) is 10.0 Å². The molecule has 1 heterocycles. The molecule has 0 atom stereocenters. The van der Waals surface area contributed by atoms with Crippen LogP contribution in [0.2, 0.25) is 5.02 Å².